The molecular weight excluding hydrogens is 360 g/mol. The van der Waals surface area contributed by atoms with Gasteiger partial charge in [-0.1, -0.05) is 17.4 Å². The van der Waals surface area contributed by atoms with Crippen LogP contribution in [0.2, 0.25) is 0 Å². The minimum atomic E-state index is -2.72. The summed E-state index contributed by atoms with van der Waals surface area (Å²) in [7, 11) is 0. The Morgan fingerprint density at radius 1 is 1.23 bits per heavy atom. The fourth-order valence-electron chi connectivity index (χ4n) is 2.68. The van der Waals surface area contributed by atoms with Gasteiger partial charge >= 0.3 is 0 Å². The summed E-state index contributed by atoms with van der Waals surface area (Å²) >= 11 is 1.34. The van der Waals surface area contributed by atoms with E-state index in [1.165, 1.54) is 23.6 Å². The minimum absolute atomic E-state index is 0.0924. The highest BCUT2D eigenvalue weighted by Gasteiger charge is 2.21. The molecule has 0 fully saturated rings. The molecule has 0 radical (unpaired) electrons. The van der Waals surface area contributed by atoms with E-state index >= 15 is 0 Å². The molecule has 26 heavy (non-hydrogen) atoms. The number of amides is 1. The summed E-state index contributed by atoms with van der Waals surface area (Å²) in [6.07, 6.45) is -1.48. The second-order valence-corrected chi connectivity index (χ2v) is 6.89. The highest BCUT2D eigenvalue weighted by Crippen LogP contribution is 2.27. The third-order valence-corrected chi connectivity index (χ3v) is 4.79. The first-order chi connectivity index (χ1) is 12.4. The number of fused-ring (bicyclic) bond motifs is 2. The summed E-state index contributed by atoms with van der Waals surface area (Å²) in [5, 5.41) is 7.02. The lowest BCUT2D eigenvalue weighted by atomic mass is 10.2. The van der Waals surface area contributed by atoms with E-state index < -0.39 is 12.3 Å². The number of hydrogen-bond acceptors (Lipinski definition) is 5. The zero-order chi connectivity index (χ0) is 18.4. The first kappa shape index (κ1) is 16.5. The van der Waals surface area contributed by atoms with Gasteiger partial charge in [-0.15, -0.1) is 0 Å². The molecule has 0 atom stereocenters. The highest BCUT2D eigenvalue weighted by atomic mass is 32.1. The van der Waals surface area contributed by atoms with E-state index in [0.29, 0.717) is 10.8 Å². The molecule has 4 aromatic rings. The standard InChI is InChI=1S/C17H13F2N5OS/c1-8-3-4-11-13(5-8)26-17(22-11)23-16(25)10-7-20-24-12(14(18)19)6-9(2)21-15(10)24/h3-7,14H,1-2H3,(H,22,23,25). The Labute approximate surface area is 150 Å². The zero-order valence-corrected chi connectivity index (χ0v) is 14.6. The van der Waals surface area contributed by atoms with Gasteiger partial charge in [0.15, 0.2) is 10.8 Å². The van der Waals surface area contributed by atoms with Crippen LogP contribution in [-0.2, 0) is 0 Å². The van der Waals surface area contributed by atoms with Crippen molar-refractivity contribution in [3.63, 3.8) is 0 Å². The quantitative estimate of drug-likeness (QED) is 0.586. The summed E-state index contributed by atoms with van der Waals surface area (Å²) in [6.45, 7) is 3.57. The number of halogens is 2. The Morgan fingerprint density at radius 2 is 2.04 bits per heavy atom. The van der Waals surface area contributed by atoms with Gasteiger partial charge in [-0.05, 0) is 37.6 Å². The molecule has 3 aromatic heterocycles. The van der Waals surface area contributed by atoms with Crippen LogP contribution in [0.15, 0.2) is 30.5 Å². The van der Waals surface area contributed by atoms with Crippen LogP contribution in [0.1, 0.15) is 33.7 Å². The monoisotopic (exact) mass is 373 g/mol. The molecule has 1 amide bonds. The van der Waals surface area contributed by atoms with Crippen molar-refractivity contribution in [2.45, 2.75) is 20.3 Å². The third kappa shape index (κ3) is 2.80. The van der Waals surface area contributed by atoms with Crippen LogP contribution >= 0.6 is 11.3 Å². The number of hydrogen-bond donors (Lipinski definition) is 1. The molecule has 0 unspecified atom stereocenters. The van der Waals surface area contributed by atoms with Crippen molar-refractivity contribution in [3.8, 4) is 0 Å². The van der Waals surface area contributed by atoms with Gasteiger partial charge in [0, 0.05) is 5.69 Å². The number of carbonyl (C=O) groups is 1. The third-order valence-electron chi connectivity index (χ3n) is 3.86. The topological polar surface area (TPSA) is 72.2 Å². The molecule has 0 saturated heterocycles. The summed E-state index contributed by atoms with van der Waals surface area (Å²) in [6, 6.07) is 7.06. The largest absolute Gasteiger partial charge is 0.298 e. The molecule has 6 nitrogen and oxygen atoms in total. The maximum Gasteiger partial charge on any atom is 0.280 e. The Balaban J connectivity index is 1.71. The number of benzene rings is 1. The second-order valence-electron chi connectivity index (χ2n) is 5.86. The molecule has 132 valence electrons. The Kier molecular flexibility index (Phi) is 3.87. The number of alkyl halides is 2. The van der Waals surface area contributed by atoms with E-state index in [0.717, 1.165) is 20.3 Å². The van der Waals surface area contributed by atoms with Gasteiger partial charge in [0.1, 0.15) is 11.3 Å². The smallest absolute Gasteiger partial charge is 0.280 e. The van der Waals surface area contributed by atoms with Gasteiger partial charge < -0.3 is 0 Å². The van der Waals surface area contributed by atoms with E-state index in [9.17, 15) is 13.6 Å². The molecule has 3 heterocycles. The molecule has 0 saturated carbocycles. The van der Waals surface area contributed by atoms with Crippen molar-refractivity contribution in [1.82, 2.24) is 19.6 Å². The average molecular weight is 373 g/mol. The number of nitrogens with zero attached hydrogens (tertiary/aromatic N) is 4. The van der Waals surface area contributed by atoms with Crippen LogP contribution in [-0.4, -0.2) is 25.5 Å². The van der Waals surface area contributed by atoms with Crippen molar-refractivity contribution in [2.75, 3.05) is 5.32 Å². The van der Waals surface area contributed by atoms with Crippen molar-refractivity contribution in [1.29, 1.82) is 0 Å². The lowest BCUT2D eigenvalue weighted by Crippen LogP contribution is -2.12. The zero-order valence-electron chi connectivity index (χ0n) is 13.8. The molecule has 9 heteroatoms. The molecule has 1 N–H and O–H groups in total. The van der Waals surface area contributed by atoms with Crippen molar-refractivity contribution >= 4 is 38.2 Å². The maximum absolute atomic E-state index is 13.2. The molecular formula is C17H13F2N5OS. The van der Waals surface area contributed by atoms with E-state index in [2.05, 4.69) is 20.4 Å². The molecule has 0 bridgehead atoms. The molecule has 0 spiro atoms. The number of anilines is 1. The molecule has 1 aromatic carbocycles. The summed E-state index contributed by atoms with van der Waals surface area (Å²) in [4.78, 5) is 21.2. The van der Waals surface area contributed by atoms with Crippen LogP contribution in [0.5, 0.6) is 0 Å². The SMILES string of the molecule is Cc1ccc2nc(NC(=O)c3cnn4c(C(F)F)cc(C)nc34)sc2c1. The van der Waals surface area contributed by atoms with Gasteiger partial charge in [0.05, 0.1) is 16.4 Å². The van der Waals surface area contributed by atoms with Gasteiger partial charge in [0.25, 0.3) is 12.3 Å². The highest BCUT2D eigenvalue weighted by molar-refractivity contribution is 7.22. The van der Waals surface area contributed by atoms with E-state index in [1.54, 1.807) is 6.92 Å². The molecule has 0 aliphatic carbocycles. The molecule has 4 rings (SSSR count). The summed E-state index contributed by atoms with van der Waals surface area (Å²) < 4.78 is 28.3. The number of rotatable bonds is 3. The fraction of sp³-hybridized carbons (Fsp3) is 0.176. The van der Waals surface area contributed by atoms with E-state index in [1.807, 2.05) is 25.1 Å². The van der Waals surface area contributed by atoms with Crippen molar-refractivity contribution in [2.24, 2.45) is 0 Å². The molecule has 0 aliphatic rings. The predicted octanol–water partition coefficient (Wildman–Crippen LogP) is 4.15. The van der Waals surface area contributed by atoms with E-state index in [4.69, 9.17) is 0 Å². The Morgan fingerprint density at radius 3 is 2.81 bits per heavy atom. The first-order valence-electron chi connectivity index (χ1n) is 7.74. The Hall–Kier alpha value is -2.94. The fourth-order valence-corrected chi connectivity index (χ4v) is 3.64. The van der Waals surface area contributed by atoms with Gasteiger partial charge in [-0.25, -0.2) is 23.3 Å². The second kappa shape index (κ2) is 6.10. The number of carbonyl (C=O) groups excluding carboxylic acids is 1. The van der Waals surface area contributed by atoms with Gasteiger partial charge in [-0.2, -0.15) is 5.10 Å². The lowest BCUT2D eigenvalue weighted by Gasteiger charge is -2.05. The number of aryl methyl sites for hydroxylation is 2. The number of aromatic nitrogens is 4. The number of thiazole rings is 1. The predicted molar refractivity (Wildman–Crippen MR) is 95.0 cm³/mol. The van der Waals surface area contributed by atoms with Crippen LogP contribution in [0.25, 0.3) is 15.9 Å². The normalized spacial score (nSPS) is 11.6. The number of nitrogens with one attached hydrogen (secondary N) is 1. The lowest BCUT2D eigenvalue weighted by molar-refractivity contribution is 0.102. The Bertz CT molecular complexity index is 1150. The van der Waals surface area contributed by atoms with Crippen LogP contribution in [0.4, 0.5) is 13.9 Å². The van der Waals surface area contributed by atoms with Crippen molar-refractivity contribution < 1.29 is 13.6 Å². The van der Waals surface area contributed by atoms with Crippen LogP contribution < -0.4 is 5.32 Å². The van der Waals surface area contributed by atoms with Crippen LogP contribution in [0.3, 0.4) is 0 Å². The van der Waals surface area contributed by atoms with Crippen molar-refractivity contribution in [3.05, 3.63) is 53.0 Å². The maximum atomic E-state index is 13.2. The minimum Gasteiger partial charge on any atom is -0.298 e. The van der Waals surface area contributed by atoms with Gasteiger partial charge in [0.2, 0.25) is 0 Å². The average Bonchev–Trinajstić information content (AvgIpc) is 3.16. The van der Waals surface area contributed by atoms with E-state index in [-0.39, 0.29) is 16.9 Å². The summed E-state index contributed by atoms with van der Waals surface area (Å²) in [5.74, 6) is -0.492. The van der Waals surface area contributed by atoms with Crippen LogP contribution in [0, 0.1) is 13.8 Å². The first-order valence-corrected chi connectivity index (χ1v) is 8.56. The molecule has 0 aliphatic heterocycles. The summed E-state index contributed by atoms with van der Waals surface area (Å²) in [5.41, 5.74) is 2.17. The van der Waals surface area contributed by atoms with Gasteiger partial charge in [-0.3, -0.25) is 10.1 Å².